The van der Waals surface area contributed by atoms with Gasteiger partial charge in [0.25, 0.3) is 0 Å². The van der Waals surface area contributed by atoms with Crippen LogP contribution in [0.1, 0.15) is 33.2 Å². The molecule has 1 unspecified atom stereocenters. The molecule has 0 saturated carbocycles. The number of ether oxygens (including phenoxy) is 1. The van der Waals surface area contributed by atoms with Crippen LogP contribution in [0.2, 0.25) is 0 Å². The van der Waals surface area contributed by atoms with Crippen LogP contribution in [0.15, 0.2) is 48.5 Å². The molecule has 6 nitrogen and oxygen atoms in total. The van der Waals surface area contributed by atoms with Gasteiger partial charge in [0.1, 0.15) is 11.2 Å². The van der Waals surface area contributed by atoms with Crippen molar-refractivity contribution in [2.75, 3.05) is 13.7 Å². The lowest BCUT2D eigenvalue weighted by molar-refractivity contribution is -0.488. The average molecular weight is 339 g/mol. The summed E-state index contributed by atoms with van der Waals surface area (Å²) in [4.78, 5) is 37.1. The first-order valence-electron chi connectivity index (χ1n) is 7.87. The maximum Gasteiger partial charge on any atom is 0.208 e. The summed E-state index contributed by atoms with van der Waals surface area (Å²) in [6, 6.07) is 13.1. The Balaban J connectivity index is 2.22. The van der Waals surface area contributed by atoms with Gasteiger partial charge in [0.05, 0.1) is 7.11 Å². The standard InChI is InChI=1S/C19H17NO5/c1-12(11-20(23)24)19(13-7-9-14(25-2)10-8-13)17(21)15-5-3-4-6-16(15)18(19)22/h3-10,12H,11H2,1-2H3. The zero-order valence-electron chi connectivity index (χ0n) is 13.9. The van der Waals surface area contributed by atoms with Crippen molar-refractivity contribution in [1.29, 1.82) is 0 Å². The van der Waals surface area contributed by atoms with E-state index >= 15 is 0 Å². The van der Waals surface area contributed by atoms with E-state index in [0.717, 1.165) is 0 Å². The highest BCUT2D eigenvalue weighted by Gasteiger charge is 2.58. The number of carbonyl (C=O) groups excluding carboxylic acids is 2. The molecule has 1 aliphatic carbocycles. The molecule has 0 bridgehead atoms. The van der Waals surface area contributed by atoms with Crippen LogP contribution in [0.25, 0.3) is 0 Å². The molecular weight excluding hydrogens is 322 g/mol. The monoisotopic (exact) mass is 339 g/mol. The van der Waals surface area contributed by atoms with Crippen molar-refractivity contribution >= 4 is 11.6 Å². The van der Waals surface area contributed by atoms with E-state index in [9.17, 15) is 19.7 Å². The van der Waals surface area contributed by atoms with Gasteiger partial charge in [-0.1, -0.05) is 43.3 Å². The number of hydrogen-bond acceptors (Lipinski definition) is 5. The molecule has 0 radical (unpaired) electrons. The molecule has 0 spiro atoms. The van der Waals surface area contributed by atoms with Gasteiger partial charge in [-0.15, -0.1) is 0 Å². The third-order valence-corrected chi connectivity index (χ3v) is 4.84. The van der Waals surface area contributed by atoms with Gasteiger partial charge in [0.2, 0.25) is 6.54 Å². The summed E-state index contributed by atoms with van der Waals surface area (Å²) in [5.74, 6) is -0.972. The molecule has 0 amide bonds. The van der Waals surface area contributed by atoms with Crippen molar-refractivity contribution in [3.63, 3.8) is 0 Å². The number of methoxy groups -OCH3 is 1. The first kappa shape index (κ1) is 16.8. The predicted molar refractivity (Wildman–Crippen MR) is 90.8 cm³/mol. The summed E-state index contributed by atoms with van der Waals surface area (Å²) in [6.07, 6.45) is 0. The number of fused-ring (bicyclic) bond motifs is 1. The number of nitrogens with zero attached hydrogens (tertiary/aromatic N) is 1. The zero-order valence-corrected chi connectivity index (χ0v) is 13.9. The van der Waals surface area contributed by atoms with Gasteiger partial charge in [-0.2, -0.15) is 0 Å². The molecule has 0 N–H and O–H groups in total. The fourth-order valence-electron chi connectivity index (χ4n) is 3.62. The van der Waals surface area contributed by atoms with E-state index in [0.29, 0.717) is 22.4 Å². The van der Waals surface area contributed by atoms with Crippen molar-refractivity contribution < 1.29 is 19.2 Å². The minimum atomic E-state index is -1.58. The fraction of sp³-hybridized carbons (Fsp3) is 0.263. The summed E-state index contributed by atoms with van der Waals surface area (Å²) in [5.41, 5.74) is -0.492. The Hall–Kier alpha value is -3.02. The number of ketones is 2. The highest BCUT2D eigenvalue weighted by atomic mass is 16.6. The predicted octanol–water partition coefficient (Wildman–Crippen LogP) is 2.93. The molecule has 6 heteroatoms. The number of nitro groups is 1. The second kappa shape index (κ2) is 6.12. The van der Waals surface area contributed by atoms with Crippen LogP contribution in [0.5, 0.6) is 5.75 Å². The number of hydrogen-bond donors (Lipinski definition) is 0. The van der Waals surface area contributed by atoms with Crippen molar-refractivity contribution in [3.05, 3.63) is 75.3 Å². The third kappa shape index (κ3) is 2.41. The van der Waals surface area contributed by atoms with E-state index in [-0.39, 0.29) is 11.6 Å². The summed E-state index contributed by atoms with van der Waals surface area (Å²) < 4.78 is 5.13. The van der Waals surface area contributed by atoms with E-state index in [2.05, 4.69) is 0 Å². The second-order valence-corrected chi connectivity index (χ2v) is 6.16. The second-order valence-electron chi connectivity index (χ2n) is 6.16. The van der Waals surface area contributed by atoms with Crippen LogP contribution < -0.4 is 4.74 Å². The van der Waals surface area contributed by atoms with Gasteiger partial charge < -0.3 is 4.74 Å². The molecule has 128 valence electrons. The van der Waals surface area contributed by atoms with Gasteiger partial charge in [-0.25, -0.2) is 0 Å². The molecule has 0 fully saturated rings. The normalized spacial score (nSPS) is 16.4. The lowest BCUT2D eigenvalue weighted by Crippen LogP contribution is -2.47. The number of Topliss-reactive ketones (excluding diaryl/α,β-unsaturated/α-hetero) is 2. The zero-order chi connectivity index (χ0) is 18.2. The van der Waals surface area contributed by atoms with Gasteiger partial charge in [0, 0.05) is 22.0 Å². The summed E-state index contributed by atoms with van der Waals surface area (Å²) in [5, 5.41) is 11.1. The van der Waals surface area contributed by atoms with E-state index < -0.39 is 22.8 Å². The maximum absolute atomic E-state index is 13.2. The lowest BCUT2D eigenvalue weighted by atomic mass is 9.67. The topological polar surface area (TPSA) is 86.5 Å². The number of carbonyl (C=O) groups is 2. The van der Waals surface area contributed by atoms with Crippen LogP contribution in [0.4, 0.5) is 0 Å². The molecule has 2 aromatic rings. The van der Waals surface area contributed by atoms with E-state index in [1.165, 1.54) is 7.11 Å². The third-order valence-electron chi connectivity index (χ3n) is 4.84. The van der Waals surface area contributed by atoms with Gasteiger partial charge >= 0.3 is 0 Å². The molecule has 0 heterocycles. The summed E-state index contributed by atoms with van der Waals surface area (Å²) in [7, 11) is 1.52. The SMILES string of the molecule is COc1ccc(C2(C(C)C[N+](=O)[O-])C(=O)c3ccccc3C2=O)cc1. The number of benzene rings is 2. The fourth-order valence-corrected chi connectivity index (χ4v) is 3.62. The highest BCUT2D eigenvalue weighted by molar-refractivity contribution is 6.33. The van der Waals surface area contributed by atoms with Gasteiger partial charge in [-0.05, 0) is 17.7 Å². The van der Waals surface area contributed by atoms with Gasteiger partial charge in [0.15, 0.2) is 11.6 Å². The molecular formula is C19H17NO5. The van der Waals surface area contributed by atoms with Crippen molar-refractivity contribution in [2.45, 2.75) is 12.3 Å². The Morgan fingerprint density at radius 1 is 1.04 bits per heavy atom. The Labute approximate surface area is 144 Å². The first-order valence-corrected chi connectivity index (χ1v) is 7.87. The molecule has 0 aromatic heterocycles. The minimum Gasteiger partial charge on any atom is -0.497 e. The summed E-state index contributed by atoms with van der Waals surface area (Å²) >= 11 is 0. The minimum absolute atomic E-state index is 0.318. The molecule has 0 saturated heterocycles. The van der Waals surface area contributed by atoms with Crippen LogP contribution in [0.3, 0.4) is 0 Å². The molecule has 0 aliphatic heterocycles. The maximum atomic E-state index is 13.2. The van der Waals surface area contributed by atoms with E-state index in [1.54, 1.807) is 55.5 Å². The molecule has 1 atom stereocenters. The summed E-state index contributed by atoms with van der Waals surface area (Å²) in [6.45, 7) is 1.10. The van der Waals surface area contributed by atoms with Crippen LogP contribution in [-0.2, 0) is 5.41 Å². The molecule has 2 aromatic carbocycles. The Kier molecular flexibility index (Phi) is 4.12. The van der Waals surface area contributed by atoms with Crippen molar-refractivity contribution in [2.24, 2.45) is 5.92 Å². The largest absolute Gasteiger partial charge is 0.497 e. The van der Waals surface area contributed by atoms with E-state index in [1.807, 2.05) is 0 Å². The highest BCUT2D eigenvalue weighted by Crippen LogP contribution is 2.45. The van der Waals surface area contributed by atoms with Gasteiger partial charge in [-0.3, -0.25) is 19.7 Å². The van der Waals surface area contributed by atoms with Crippen molar-refractivity contribution in [1.82, 2.24) is 0 Å². The Morgan fingerprint density at radius 2 is 1.56 bits per heavy atom. The van der Waals surface area contributed by atoms with Crippen LogP contribution >= 0.6 is 0 Å². The quantitative estimate of drug-likeness (QED) is 0.475. The first-order chi connectivity index (χ1) is 11.9. The Morgan fingerprint density at radius 3 is 2.00 bits per heavy atom. The van der Waals surface area contributed by atoms with Crippen LogP contribution in [0, 0.1) is 16.0 Å². The molecule has 25 heavy (non-hydrogen) atoms. The van der Waals surface area contributed by atoms with E-state index in [4.69, 9.17) is 4.74 Å². The Bertz CT molecular complexity index is 821. The van der Waals surface area contributed by atoms with Crippen molar-refractivity contribution in [3.8, 4) is 5.75 Å². The smallest absolute Gasteiger partial charge is 0.208 e. The van der Waals surface area contributed by atoms with Crippen LogP contribution in [-0.4, -0.2) is 30.1 Å². The molecule has 1 aliphatic rings. The molecule has 3 rings (SSSR count). The lowest BCUT2D eigenvalue weighted by Gasteiger charge is -2.30. The average Bonchev–Trinajstić information content (AvgIpc) is 2.84. The number of rotatable bonds is 5.